The fraction of sp³-hybridized carbons (Fsp3) is 0.656. The second-order valence-electron chi connectivity index (χ2n) is 12.6. The molecule has 0 saturated carbocycles. The first-order chi connectivity index (χ1) is 18.2. The van der Waals surface area contributed by atoms with Crippen LogP contribution in [0.15, 0.2) is 42.5 Å². The van der Waals surface area contributed by atoms with Crippen molar-refractivity contribution in [2.24, 2.45) is 11.8 Å². The lowest BCUT2D eigenvalue weighted by atomic mass is 9.92. The third kappa shape index (κ3) is 10.1. The second kappa shape index (κ2) is 14.5. The van der Waals surface area contributed by atoms with Gasteiger partial charge in [0.15, 0.2) is 14.1 Å². The van der Waals surface area contributed by atoms with Gasteiger partial charge in [0.1, 0.15) is 18.0 Å². The first-order valence-corrected chi connectivity index (χ1v) is 17.4. The van der Waals surface area contributed by atoms with Gasteiger partial charge in [0.05, 0.1) is 18.3 Å². The van der Waals surface area contributed by atoms with Crippen LogP contribution in [-0.4, -0.2) is 50.8 Å². The van der Waals surface area contributed by atoms with E-state index >= 15 is 0 Å². The molecule has 2 unspecified atom stereocenters. The fourth-order valence-corrected chi connectivity index (χ4v) is 5.63. The number of rotatable bonds is 15. The van der Waals surface area contributed by atoms with Gasteiger partial charge in [-0.2, -0.15) is 0 Å². The number of Topliss-reactive ketones (excluding diaryl/α,β-unsaturated/α-hetero) is 1. The Kier molecular flexibility index (Phi) is 12.3. The zero-order valence-corrected chi connectivity index (χ0v) is 26.4. The normalized spacial score (nSPS) is 21.6. The van der Waals surface area contributed by atoms with Crippen molar-refractivity contribution >= 4 is 25.9 Å². The lowest BCUT2D eigenvalue weighted by Crippen LogP contribution is -2.48. The van der Waals surface area contributed by atoms with E-state index in [9.17, 15) is 14.4 Å². The molecule has 7 heteroatoms. The molecule has 1 aliphatic heterocycles. The summed E-state index contributed by atoms with van der Waals surface area (Å²) in [5.41, 5.74) is -0.180. The van der Waals surface area contributed by atoms with Crippen LogP contribution in [0.3, 0.4) is 0 Å². The van der Waals surface area contributed by atoms with E-state index in [0.717, 1.165) is 25.7 Å². The molecule has 39 heavy (non-hydrogen) atoms. The Morgan fingerprint density at radius 1 is 1.10 bits per heavy atom. The number of carbonyl (C=O) groups excluding carboxylic acids is 3. The van der Waals surface area contributed by atoms with Gasteiger partial charge in [-0.15, -0.1) is 0 Å². The monoisotopic (exact) mass is 558 g/mol. The molecule has 218 valence electrons. The Morgan fingerprint density at radius 2 is 1.77 bits per heavy atom. The van der Waals surface area contributed by atoms with Gasteiger partial charge >= 0.3 is 5.97 Å². The summed E-state index contributed by atoms with van der Waals surface area (Å²) >= 11 is 0. The minimum atomic E-state index is -2.05. The van der Waals surface area contributed by atoms with Crippen molar-refractivity contribution in [1.82, 2.24) is 0 Å². The van der Waals surface area contributed by atoms with Gasteiger partial charge in [0.2, 0.25) is 0 Å². The highest BCUT2D eigenvalue weighted by Crippen LogP contribution is 2.40. The predicted octanol–water partition coefficient (Wildman–Crippen LogP) is 7.33. The minimum Gasteiger partial charge on any atom is -0.459 e. The average molecular weight is 559 g/mol. The number of esters is 1. The Bertz CT molecular complexity index is 980. The molecule has 0 aliphatic carbocycles. The Balaban J connectivity index is 2.11. The number of hydrogen-bond donors (Lipinski definition) is 0. The van der Waals surface area contributed by atoms with Crippen LogP contribution in [0.4, 0.5) is 0 Å². The standard InChI is InChI=1S/C32H50O6Si/c1-9-25(16-17-29(34)26(10-2)20-24(3)33)21-28-18-19-32(38-28,23-37-39(7,8)31(4,5)6)22-36-30(35)27-14-12-11-13-15-27/h11-17,25-26,28H,9-10,18-23H2,1-8H3/b17-16-/t25?,26?,28-,32-/m1/s1. The Labute approximate surface area is 237 Å². The molecule has 0 aromatic heterocycles. The van der Waals surface area contributed by atoms with Crippen LogP contribution in [0.2, 0.25) is 18.1 Å². The van der Waals surface area contributed by atoms with E-state index in [0.29, 0.717) is 25.0 Å². The first-order valence-electron chi connectivity index (χ1n) is 14.5. The molecule has 1 saturated heterocycles. The van der Waals surface area contributed by atoms with E-state index in [1.807, 2.05) is 31.2 Å². The molecular weight excluding hydrogens is 508 g/mol. The summed E-state index contributed by atoms with van der Waals surface area (Å²) in [6.07, 6.45) is 7.80. The molecule has 2 rings (SSSR count). The Morgan fingerprint density at radius 3 is 2.33 bits per heavy atom. The molecule has 1 aliphatic rings. The number of ketones is 2. The van der Waals surface area contributed by atoms with Crippen LogP contribution in [0.25, 0.3) is 0 Å². The topological polar surface area (TPSA) is 78.9 Å². The molecule has 0 bridgehead atoms. The van der Waals surface area contributed by atoms with E-state index < -0.39 is 13.9 Å². The summed E-state index contributed by atoms with van der Waals surface area (Å²) in [5, 5.41) is 0.0519. The van der Waals surface area contributed by atoms with E-state index in [-0.39, 0.29) is 47.1 Å². The summed E-state index contributed by atoms with van der Waals surface area (Å²) < 4.78 is 19.0. The molecule has 1 heterocycles. The molecule has 6 nitrogen and oxygen atoms in total. The van der Waals surface area contributed by atoms with Gasteiger partial charge in [-0.05, 0) is 81.3 Å². The molecule has 0 N–H and O–H groups in total. The smallest absolute Gasteiger partial charge is 0.338 e. The maximum atomic E-state index is 12.7. The zero-order chi connectivity index (χ0) is 29.3. The van der Waals surface area contributed by atoms with Crippen LogP contribution in [0, 0.1) is 11.8 Å². The van der Waals surface area contributed by atoms with Gasteiger partial charge in [-0.1, -0.05) is 58.9 Å². The van der Waals surface area contributed by atoms with E-state index in [4.69, 9.17) is 13.9 Å². The zero-order valence-electron chi connectivity index (χ0n) is 25.4. The number of carbonyl (C=O) groups is 3. The van der Waals surface area contributed by atoms with E-state index in [2.05, 4.69) is 40.8 Å². The second-order valence-corrected chi connectivity index (χ2v) is 17.4. The van der Waals surface area contributed by atoms with Crippen molar-refractivity contribution in [1.29, 1.82) is 0 Å². The highest BCUT2D eigenvalue weighted by Gasteiger charge is 2.46. The number of hydrogen-bond acceptors (Lipinski definition) is 6. The summed E-state index contributed by atoms with van der Waals surface area (Å²) in [6, 6.07) is 9.01. The van der Waals surface area contributed by atoms with Crippen molar-refractivity contribution < 1.29 is 28.3 Å². The van der Waals surface area contributed by atoms with Crippen molar-refractivity contribution in [3.63, 3.8) is 0 Å². The van der Waals surface area contributed by atoms with Crippen molar-refractivity contribution in [3.8, 4) is 0 Å². The van der Waals surface area contributed by atoms with Crippen molar-refractivity contribution in [2.45, 2.75) is 110 Å². The summed E-state index contributed by atoms with van der Waals surface area (Å²) in [7, 11) is -2.05. The van der Waals surface area contributed by atoms with Crippen LogP contribution in [-0.2, 0) is 23.5 Å². The molecule has 0 amide bonds. The van der Waals surface area contributed by atoms with Gasteiger partial charge in [-0.3, -0.25) is 4.79 Å². The SMILES string of the molecule is CCC(/C=C\C(=O)C(CC)CC(C)=O)C[C@H]1CC[C@@](COC(=O)c2ccccc2)(CO[Si](C)(C)C(C)(C)C)O1. The summed E-state index contributed by atoms with van der Waals surface area (Å²) in [4.78, 5) is 36.9. The maximum absolute atomic E-state index is 12.7. The highest BCUT2D eigenvalue weighted by atomic mass is 28.4. The number of ether oxygens (including phenoxy) is 2. The minimum absolute atomic E-state index is 0.0171. The fourth-order valence-electron chi connectivity index (χ4n) is 4.58. The first kappa shape index (κ1) is 33.1. The summed E-state index contributed by atoms with van der Waals surface area (Å²) in [5.74, 6) is -0.378. The summed E-state index contributed by atoms with van der Waals surface area (Å²) in [6.45, 7) is 17.2. The molecule has 1 aromatic rings. The maximum Gasteiger partial charge on any atom is 0.338 e. The molecule has 0 radical (unpaired) electrons. The van der Waals surface area contributed by atoms with Crippen molar-refractivity contribution in [3.05, 3.63) is 48.0 Å². The number of allylic oxidation sites excluding steroid dienone is 2. The van der Waals surface area contributed by atoms with Gasteiger partial charge in [-0.25, -0.2) is 4.79 Å². The molecule has 4 atom stereocenters. The van der Waals surface area contributed by atoms with Crippen molar-refractivity contribution in [2.75, 3.05) is 13.2 Å². The Hall–Kier alpha value is -2.09. The molecule has 1 fully saturated rings. The lowest BCUT2D eigenvalue weighted by Gasteiger charge is -2.39. The van der Waals surface area contributed by atoms with E-state index in [1.165, 1.54) is 6.92 Å². The van der Waals surface area contributed by atoms with Gasteiger partial charge in [0, 0.05) is 12.3 Å². The predicted molar refractivity (Wildman–Crippen MR) is 158 cm³/mol. The quantitative estimate of drug-likeness (QED) is 0.127. The van der Waals surface area contributed by atoms with E-state index in [1.54, 1.807) is 18.2 Å². The van der Waals surface area contributed by atoms with Crippen LogP contribution < -0.4 is 0 Å². The average Bonchev–Trinajstić information content (AvgIpc) is 3.29. The van der Waals surface area contributed by atoms with Gasteiger partial charge in [0.25, 0.3) is 0 Å². The third-order valence-electron chi connectivity index (χ3n) is 8.37. The van der Waals surface area contributed by atoms with Gasteiger partial charge < -0.3 is 18.7 Å². The van der Waals surface area contributed by atoms with Crippen LogP contribution >= 0.6 is 0 Å². The van der Waals surface area contributed by atoms with Crippen LogP contribution in [0.5, 0.6) is 0 Å². The van der Waals surface area contributed by atoms with Crippen LogP contribution in [0.1, 0.15) is 90.4 Å². The largest absolute Gasteiger partial charge is 0.459 e. The highest BCUT2D eigenvalue weighted by molar-refractivity contribution is 6.74. The number of benzene rings is 1. The molecule has 1 aromatic carbocycles. The third-order valence-corrected chi connectivity index (χ3v) is 12.8. The molecule has 0 spiro atoms. The lowest BCUT2D eigenvalue weighted by molar-refractivity contribution is -0.124. The molecular formula is C32H50O6Si.